The molecule has 3 nitrogen and oxygen atoms in total. The Labute approximate surface area is 61.3 Å². The van der Waals surface area contributed by atoms with Crippen LogP contribution in [0, 0.1) is 11.5 Å². The summed E-state index contributed by atoms with van der Waals surface area (Å²) in [4.78, 5) is 0. The molecule has 0 spiro atoms. The lowest BCUT2D eigenvalue weighted by atomic mass is 10.4. The van der Waals surface area contributed by atoms with Gasteiger partial charge in [0, 0.05) is 6.54 Å². The van der Waals surface area contributed by atoms with E-state index >= 15 is 0 Å². The molecule has 0 unspecified atom stereocenters. The molecule has 56 valence electrons. The van der Waals surface area contributed by atoms with Crippen molar-refractivity contribution >= 4 is 0 Å². The van der Waals surface area contributed by atoms with Crippen molar-refractivity contribution in [3.63, 3.8) is 0 Å². The van der Waals surface area contributed by atoms with Gasteiger partial charge in [0.05, 0.1) is 13.2 Å². The van der Waals surface area contributed by atoms with Crippen LogP contribution in [-0.2, 0) is 4.74 Å². The second-order valence-corrected chi connectivity index (χ2v) is 2.05. The Morgan fingerprint density at radius 1 is 1.80 bits per heavy atom. The summed E-state index contributed by atoms with van der Waals surface area (Å²) in [6.45, 7) is 7.27. The highest BCUT2D eigenvalue weighted by atomic mass is 16.5. The van der Waals surface area contributed by atoms with E-state index in [1.807, 2.05) is 6.92 Å². The number of hydrogen-bond donors (Lipinski definition) is 1. The first-order valence-corrected chi connectivity index (χ1v) is 3.11. The average molecular weight is 140 g/mol. The van der Waals surface area contributed by atoms with Crippen LogP contribution in [0.3, 0.4) is 0 Å². The number of ether oxygens (including phenoxy) is 1. The minimum absolute atomic E-state index is 0.556. The molecule has 0 aliphatic carbocycles. The first-order valence-electron chi connectivity index (χ1n) is 3.11. The van der Waals surface area contributed by atoms with Crippen LogP contribution in [0.25, 0.3) is 0 Å². The van der Waals surface area contributed by atoms with Crippen molar-refractivity contribution in [3.8, 4) is 6.19 Å². The highest BCUT2D eigenvalue weighted by Crippen LogP contribution is 1.85. The third-order valence-corrected chi connectivity index (χ3v) is 0.799. The molecule has 0 atom stereocenters. The van der Waals surface area contributed by atoms with Gasteiger partial charge in [-0.25, -0.2) is 0 Å². The van der Waals surface area contributed by atoms with Gasteiger partial charge in [0.15, 0.2) is 6.19 Å². The Bertz CT molecular complexity index is 137. The highest BCUT2D eigenvalue weighted by molar-refractivity contribution is 4.87. The number of rotatable bonds is 5. The summed E-state index contributed by atoms with van der Waals surface area (Å²) < 4.78 is 5.08. The van der Waals surface area contributed by atoms with Crippen LogP contribution < -0.4 is 5.32 Å². The largest absolute Gasteiger partial charge is 0.375 e. The summed E-state index contributed by atoms with van der Waals surface area (Å²) in [7, 11) is 0. The summed E-state index contributed by atoms with van der Waals surface area (Å²) in [6.07, 6.45) is 1.80. The second kappa shape index (κ2) is 6.12. The van der Waals surface area contributed by atoms with E-state index in [9.17, 15) is 0 Å². The minimum atomic E-state index is 0.556. The maximum atomic E-state index is 8.04. The van der Waals surface area contributed by atoms with E-state index in [0.29, 0.717) is 19.8 Å². The molecular weight excluding hydrogens is 128 g/mol. The molecule has 0 amide bonds. The molecule has 0 bridgehead atoms. The van der Waals surface area contributed by atoms with E-state index in [0.717, 1.165) is 5.57 Å². The molecule has 0 rings (SSSR count). The standard InChI is InChI=1S/C7H12N2O/c1-7(2)5-10-4-3-9-6-8/h9H,1,3-5H2,2H3. The fourth-order valence-electron chi connectivity index (χ4n) is 0.426. The topological polar surface area (TPSA) is 45.0 Å². The van der Waals surface area contributed by atoms with Crippen molar-refractivity contribution in [1.82, 2.24) is 5.32 Å². The molecule has 3 heteroatoms. The maximum Gasteiger partial charge on any atom is 0.176 e. The van der Waals surface area contributed by atoms with Crippen LogP contribution in [0.4, 0.5) is 0 Å². The van der Waals surface area contributed by atoms with E-state index in [4.69, 9.17) is 10.00 Å². The van der Waals surface area contributed by atoms with Crippen molar-refractivity contribution in [2.24, 2.45) is 0 Å². The van der Waals surface area contributed by atoms with E-state index in [1.165, 1.54) is 0 Å². The number of nitrogens with zero attached hydrogens (tertiary/aromatic N) is 1. The van der Waals surface area contributed by atoms with Crippen molar-refractivity contribution < 1.29 is 4.74 Å². The third-order valence-electron chi connectivity index (χ3n) is 0.799. The molecular formula is C7H12N2O. The van der Waals surface area contributed by atoms with Gasteiger partial charge in [0.25, 0.3) is 0 Å². The Morgan fingerprint density at radius 3 is 3.00 bits per heavy atom. The van der Waals surface area contributed by atoms with E-state index in [2.05, 4.69) is 11.9 Å². The summed E-state index contributed by atoms with van der Waals surface area (Å²) in [5.41, 5.74) is 0.997. The molecule has 0 aromatic carbocycles. The lowest BCUT2D eigenvalue weighted by Gasteiger charge is -2.00. The molecule has 0 heterocycles. The quantitative estimate of drug-likeness (QED) is 0.264. The van der Waals surface area contributed by atoms with Gasteiger partial charge in [-0.05, 0) is 6.92 Å². The van der Waals surface area contributed by atoms with Gasteiger partial charge in [-0.15, -0.1) is 0 Å². The molecule has 0 aromatic rings. The van der Waals surface area contributed by atoms with E-state index in [-0.39, 0.29) is 0 Å². The van der Waals surface area contributed by atoms with Gasteiger partial charge in [0.2, 0.25) is 0 Å². The predicted octanol–water partition coefficient (Wildman–Crippen LogP) is 0.650. The molecule has 0 aliphatic rings. The maximum absolute atomic E-state index is 8.04. The van der Waals surface area contributed by atoms with Crippen molar-refractivity contribution in [1.29, 1.82) is 5.26 Å². The van der Waals surface area contributed by atoms with E-state index < -0.39 is 0 Å². The Balaban J connectivity index is 2.92. The molecule has 0 aromatic heterocycles. The predicted molar refractivity (Wildman–Crippen MR) is 39.2 cm³/mol. The van der Waals surface area contributed by atoms with Crippen LogP contribution in [-0.4, -0.2) is 19.8 Å². The van der Waals surface area contributed by atoms with Crippen molar-refractivity contribution in [2.45, 2.75) is 6.92 Å². The lowest BCUT2D eigenvalue weighted by molar-refractivity contribution is 0.161. The molecule has 0 saturated carbocycles. The first kappa shape index (κ1) is 8.99. The smallest absolute Gasteiger partial charge is 0.176 e. The fraction of sp³-hybridized carbons (Fsp3) is 0.571. The van der Waals surface area contributed by atoms with Gasteiger partial charge in [-0.3, -0.25) is 0 Å². The SMILES string of the molecule is C=C(C)COCCNC#N. The van der Waals surface area contributed by atoms with Gasteiger partial charge in [0.1, 0.15) is 0 Å². The number of nitrogens with one attached hydrogen (secondary N) is 1. The molecule has 10 heavy (non-hydrogen) atoms. The van der Waals surface area contributed by atoms with Crippen molar-refractivity contribution in [2.75, 3.05) is 19.8 Å². The van der Waals surface area contributed by atoms with Crippen LogP contribution >= 0.6 is 0 Å². The minimum Gasteiger partial charge on any atom is -0.375 e. The Kier molecular flexibility index (Phi) is 5.50. The van der Waals surface area contributed by atoms with Gasteiger partial charge >= 0.3 is 0 Å². The molecule has 0 fully saturated rings. The summed E-state index contributed by atoms with van der Waals surface area (Å²) in [5.74, 6) is 0. The summed E-state index contributed by atoms with van der Waals surface area (Å²) in [5, 5.41) is 10.5. The summed E-state index contributed by atoms with van der Waals surface area (Å²) >= 11 is 0. The fourth-order valence-corrected chi connectivity index (χ4v) is 0.426. The molecule has 1 N–H and O–H groups in total. The van der Waals surface area contributed by atoms with Crippen molar-refractivity contribution in [3.05, 3.63) is 12.2 Å². The zero-order chi connectivity index (χ0) is 7.82. The lowest BCUT2D eigenvalue weighted by Crippen LogP contribution is -2.14. The molecule has 0 saturated heterocycles. The number of hydrogen-bond acceptors (Lipinski definition) is 3. The normalized spacial score (nSPS) is 8.40. The van der Waals surface area contributed by atoms with Crippen LogP contribution in [0.5, 0.6) is 0 Å². The van der Waals surface area contributed by atoms with Gasteiger partial charge < -0.3 is 10.1 Å². The second-order valence-electron chi connectivity index (χ2n) is 2.05. The van der Waals surface area contributed by atoms with Gasteiger partial charge in [-0.2, -0.15) is 5.26 Å². The summed E-state index contributed by atoms with van der Waals surface area (Å²) in [6, 6.07) is 0. The molecule has 0 aliphatic heterocycles. The Hall–Kier alpha value is -1.01. The third kappa shape index (κ3) is 6.99. The first-order chi connectivity index (χ1) is 4.77. The van der Waals surface area contributed by atoms with Crippen LogP contribution in [0.2, 0.25) is 0 Å². The Morgan fingerprint density at radius 2 is 2.50 bits per heavy atom. The highest BCUT2D eigenvalue weighted by Gasteiger charge is 1.86. The van der Waals surface area contributed by atoms with Crippen LogP contribution in [0.1, 0.15) is 6.92 Å². The molecule has 0 radical (unpaired) electrons. The average Bonchev–Trinajstić information content (AvgIpc) is 1.87. The zero-order valence-electron chi connectivity index (χ0n) is 6.18. The van der Waals surface area contributed by atoms with Gasteiger partial charge in [-0.1, -0.05) is 12.2 Å². The van der Waals surface area contributed by atoms with E-state index in [1.54, 1.807) is 6.19 Å². The van der Waals surface area contributed by atoms with Crippen LogP contribution in [0.15, 0.2) is 12.2 Å². The zero-order valence-corrected chi connectivity index (χ0v) is 6.18. The number of nitriles is 1. The monoisotopic (exact) mass is 140 g/mol.